The molecule has 0 radical (unpaired) electrons. The monoisotopic (exact) mass is 429 g/mol. The van der Waals surface area contributed by atoms with Crippen LogP contribution in [0.5, 0.6) is 5.75 Å². The van der Waals surface area contributed by atoms with Crippen LogP contribution in [0, 0.1) is 5.92 Å². The summed E-state index contributed by atoms with van der Waals surface area (Å²) in [4.78, 5) is 38.6. The fraction of sp³-hybridized carbons (Fsp3) is 0.455. The molecule has 1 aliphatic rings. The first-order valence-corrected chi connectivity index (χ1v) is 10.4. The Bertz CT molecular complexity index is 911. The Morgan fingerprint density at radius 2 is 1.84 bits per heavy atom. The summed E-state index contributed by atoms with van der Waals surface area (Å²) in [5, 5.41) is 4.28. The van der Waals surface area contributed by atoms with Crippen LogP contribution in [-0.2, 0) is 19.1 Å². The number of esters is 2. The van der Waals surface area contributed by atoms with Crippen LogP contribution >= 0.6 is 0 Å². The predicted molar refractivity (Wildman–Crippen MR) is 111 cm³/mol. The molecule has 9 nitrogen and oxygen atoms in total. The van der Waals surface area contributed by atoms with Gasteiger partial charge >= 0.3 is 11.9 Å². The van der Waals surface area contributed by atoms with E-state index in [2.05, 4.69) is 5.10 Å². The van der Waals surface area contributed by atoms with Crippen LogP contribution in [0.1, 0.15) is 37.2 Å². The van der Waals surface area contributed by atoms with Crippen LogP contribution in [0.4, 0.5) is 0 Å². The van der Waals surface area contributed by atoms with Crippen LogP contribution in [0.25, 0.3) is 5.69 Å². The van der Waals surface area contributed by atoms with E-state index >= 15 is 0 Å². The number of nitrogens with zero attached hydrogens (tertiary/aromatic N) is 3. The van der Waals surface area contributed by atoms with E-state index in [9.17, 15) is 14.4 Å². The molecule has 1 saturated heterocycles. The zero-order valence-corrected chi connectivity index (χ0v) is 17.8. The number of benzene rings is 1. The smallest absolute Gasteiger partial charge is 0.362 e. The number of aromatic nitrogens is 2. The Morgan fingerprint density at radius 3 is 2.55 bits per heavy atom. The molecule has 3 rings (SSSR count). The van der Waals surface area contributed by atoms with E-state index in [1.54, 1.807) is 24.9 Å². The molecule has 1 amide bonds. The summed E-state index contributed by atoms with van der Waals surface area (Å²) in [6.07, 6.45) is 2.96. The van der Waals surface area contributed by atoms with E-state index in [1.165, 1.54) is 4.68 Å². The molecule has 0 aliphatic carbocycles. The van der Waals surface area contributed by atoms with E-state index in [-0.39, 0.29) is 42.5 Å². The maximum atomic E-state index is 12.7. The van der Waals surface area contributed by atoms with Gasteiger partial charge in [0.15, 0.2) is 12.4 Å². The topological polar surface area (TPSA) is 100.0 Å². The van der Waals surface area contributed by atoms with Gasteiger partial charge in [0.05, 0.1) is 31.0 Å². The molecule has 166 valence electrons. The van der Waals surface area contributed by atoms with E-state index in [4.69, 9.17) is 14.2 Å². The van der Waals surface area contributed by atoms with Crippen LogP contribution in [0.2, 0.25) is 0 Å². The zero-order chi connectivity index (χ0) is 22.2. The quantitative estimate of drug-likeness (QED) is 0.593. The molecule has 2 aromatic rings. The van der Waals surface area contributed by atoms with E-state index < -0.39 is 5.97 Å². The van der Waals surface area contributed by atoms with Gasteiger partial charge in [0.1, 0.15) is 0 Å². The van der Waals surface area contributed by atoms with Gasteiger partial charge in [-0.05, 0) is 38.8 Å². The van der Waals surface area contributed by atoms with Crippen molar-refractivity contribution in [2.45, 2.75) is 26.7 Å². The molecule has 2 heterocycles. The summed E-state index contributed by atoms with van der Waals surface area (Å²) >= 11 is 0. The first kappa shape index (κ1) is 22.3. The third-order valence-electron chi connectivity index (χ3n) is 4.92. The first-order valence-electron chi connectivity index (χ1n) is 10.4. The molecule has 1 aromatic carbocycles. The summed E-state index contributed by atoms with van der Waals surface area (Å²) < 4.78 is 17.3. The maximum Gasteiger partial charge on any atom is 0.362 e. The number of piperidine rings is 1. The van der Waals surface area contributed by atoms with Crippen molar-refractivity contribution in [3.63, 3.8) is 0 Å². The fourth-order valence-corrected chi connectivity index (χ4v) is 3.40. The second kappa shape index (κ2) is 10.6. The average Bonchev–Trinajstić information content (AvgIpc) is 3.23. The lowest BCUT2D eigenvalue weighted by molar-refractivity contribution is -0.151. The summed E-state index contributed by atoms with van der Waals surface area (Å²) in [7, 11) is 0. The third-order valence-corrected chi connectivity index (χ3v) is 4.92. The molecule has 0 bridgehead atoms. The van der Waals surface area contributed by atoms with E-state index in [0.29, 0.717) is 26.1 Å². The highest BCUT2D eigenvalue weighted by molar-refractivity contribution is 5.90. The van der Waals surface area contributed by atoms with Gasteiger partial charge in [-0.1, -0.05) is 18.2 Å². The number of hydrogen-bond donors (Lipinski definition) is 0. The third kappa shape index (κ3) is 5.62. The van der Waals surface area contributed by atoms with Crippen LogP contribution in [0.15, 0.2) is 36.5 Å². The molecule has 1 fully saturated rings. The van der Waals surface area contributed by atoms with Gasteiger partial charge in [0.25, 0.3) is 5.91 Å². The van der Waals surface area contributed by atoms with Gasteiger partial charge in [0, 0.05) is 13.1 Å². The Morgan fingerprint density at radius 1 is 1.10 bits per heavy atom. The van der Waals surface area contributed by atoms with Crippen molar-refractivity contribution in [2.24, 2.45) is 5.92 Å². The summed E-state index contributed by atoms with van der Waals surface area (Å²) in [6.45, 7) is 4.54. The number of carbonyl (C=O) groups excluding carboxylic acids is 3. The Hall–Kier alpha value is -3.36. The van der Waals surface area contributed by atoms with Crippen molar-refractivity contribution < 1.29 is 28.6 Å². The number of ether oxygens (including phenoxy) is 3. The fourth-order valence-electron chi connectivity index (χ4n) is 3.40. The minimum atomic E-state index is -0.625. The second-order valence-electron chi connectivity index (χ2n) is 7.06. The molecular weight excluding hydrogens is 402 g/mol. The highest BCUT2D eigenvalue weighted by Gasteiger charge is 2.30. The van der Waals surface area contributed by atoms with E-state index in [0.717, 1.165) is 12.1 Å². The molecule has 0 spiro atoms. The number of amides is 1. The van der Waals surface area contributed by atoms with Crippen molar-refractivity contribution in [2.75, 3.05) is 32.9 Å². The summed E-state index contributed by atoms with van der Waals surface area (Å²) in [5.74, 6) is -1.34. The second-order valence-corrected chi connectivity index (χ2v) is 7.06. The van der Waals surface area contributed by atoms with Gasteiger partial charge in [-0.15, -0.1) is 0 Å². The highest BCUT2D eigenvalue weighted by atomic mass is 16.5. The SMILES string of the molecule is CCOC(=O)c1nn(-c2ccccc2)cc1OCC(=O)N1CCCC(C(=O)OCC)C1. The largest absolute Gasteiger partial charge is 0.480 e. The molecule has 1 aliphatic heterocycles. The lowest BCUT2D eigenvalue weighted by atomic mass is 9.98. The average molecular weight is 429 g/mol. The zero-order valence-electron chi connectivity index (χ0n) is 17.8. The molecule has 1 unspecified atom stereocenters. The van der Waals surface area contributed by atoms with Crippen LogP contribution in [0.3, 0.4) is 0 Å². The number of hydrogen-bond acceptors (Lipinski definition) is 7. The van der Waals surface area contributed by atoms with Gasteiger partial charge in [-0.3, -0.25) is 9.59 Å². The number of likely N-dealkylation sites (tertiary alicyclic amines) is 1. The molecule has 1 aromatic heterocycles. The standard InChI is InChI=1S/C22H27N3O6/c1-3-29-21(27)16-9-8-12-24(13-16)19(26)15-31-18-14-25(17-10-6-5-7-11-17)23-20(18)22(28)30-4-2/h5-7,10-11,14,16H,3-4,8-9,12-13,15H2,1-2H3. The number of carbonyl (C=O) groups is 3. The molecular formula is C22H27N3O6. The Labute approximate surface area is 180 Å². The van der Waals surface area contributed by atoms with Gasteiger partial charge < -0.3 is 19.1 Å². The van der Waals surface area contributed by atoms with Gasteiger partial charge in [-0.2, -0.15) is 5.10 Å². The molecule has 0 N–H and O–H groups in total. The van der Waals surface area contributed by atoms with Crippen molar-refractivity contribution in [3.05, 3.63) is 42.2 Å². The molecule has 31 heavy (non-hydrogen) atoms. The van der Waals surface area contributed by atoms with Crippen molar-refractivity contribution in [1.82, 2.24) is 14.7 Å². The van der Waals surface area contributed by atoms with Crippen LogP contribution < -0.4 is 4.74 Å². The Kier molecular flexibility index (Phi) is 7.64. The number of rotatable bonds is 8. The van der Waals surface area contributed by atoms with E-state index in [1.807, 2.05) is 30.3 Å². The Balaban J connectivity index is 1.69. The first-order chi connectivity index (χ1) is 15.0. The lowest BCUT2D eigenvalue weighted by Gasteiger charge is -2.31. The minimum absolute atomic E-state index is 0.00143. The minimum Gasteiger partial charge on any atom is -0.480 e. The molecule has 0 saturated carbocycles. The van der Waals surface area contributed by atoms with Crippen molar-refractivity contribution >= 4 is 17.8 Å². The van der Waals surface area contributed by atoms with Crippen LogP contribution in [-0.4, -0.2) is 65.4 Å². The van der Waals surface area contributed by atoms with Crippen molar-refractivity contribution in [3.8, 4) is 11.4 Å². The molecule has 1 atom stereocenters. The summed E-state index contributed by atoms with van der Waals surface area (Å²) in [5.41, 5.74) is 0.740. The maximum absolute atomic E-state index is 12.7. The number of para-hydroxylation sites is 1. The van der Waals surface area contributed by atoms with Gasteiger partial charge in [-0.25, -0.2) is 9.48 Å². The van der Waals surface area contributed by atoms with Gasteiger partial charge in [0.2, 0.25) is 5.69 Å². The summed E-state index contributed by atoms with van der Waals surface area (Å²) in [6, 6.07) is 9.24. The highest BCUT2D eigenvalue weighted by Crippen LogP contribution is 2.22. The predicted octanol–water partition coefficient (Wildman–Crippen LogP) is 2.23. The van der Waals surface area contributed by atoms with Crippen molar-refractivity contribution in [1.29, 1.82) is 0 Å². The molecule has 9 heteroatoms. The lowest BCUT2D eigenvalue weighted by Crippen LogP contribution is -2.44. The normalized spacial score (nSPS) is 15.9.